The van der Waals surface area contributed by atoms with Crippen molar-refractivity contribution in [1.82, 2.24) is 25.6 Å². The Labute approximate surface area is 221 Å². The van der Waals surface area contributed by atoms with Crippen molar-refractivity contribution in [3.63, 3.8) is 0 Å². The Morgan fingerprint density at radius 3 is 2.89 bits per heavy atom. The molecule has 0 saturated carbocycles. The second-order valence-electron chi connectivity index (χ2n) is 9.61. The molecule has 0 aliphatic carbocycles. The van der Waals surface area contributed by atoms with E-state index in [1.54, 1.807) is 18.3 Å². The maximum absolute atomic E-state index is 11.5. The smallest absolute Gasteiger partial charge is 0.217 e. The van der Waals surface area contributed by atoms with Crippen molar-refractivity contribution in [2.45, 2.75) is 45.8 Å². The van der Waals surface area contributed by atoms with Crippen LogP contribution in [0.25, 0.3) is 22.2 Å². The largest absolute Gasteiger partial charge is 0.368 e. The van der Waals surface area contributed by atoms with Crippen LogP contribution in [0.3, 0.4) is 0 Å². The Morgan fingerprint density at radius 1 is 1.24 bits per heavy atom. The molecule has 1 aromatic carbocycles. The molecule has 4 heterocycles. The molecule has 3 N–H and O–H groups in total. The minimum absolute atomic E-state index is 0.00934. The summed E-state index contributed by atoms with van der Waals surface area (Å²) in [5, 5.41) is 13.0. The number of nitrogens with zero attached hydrogens (tertiary/aromatic N) is 4. The Hall–Kier alpha value is -3.56. The van der Waals surface area contributed by atoms with Gasteiger partial charge < -0.3 is 20.9 Å². The fraction of sp³-hybridized carbons (Fsp3) is 0.357. The van der Waals surface area contributed by atoms with Crippen LogP contribution in [0.1, 0.15) is 42.6 Å². The van der Waals surface area contributed by atoms with E-state index in [2.05, 4.69) is 79.5 Å². The number of pyridine rings is 1. The van der Waals surface area contributed by atoms with E-state index in [1.807, 2.05) is 20.2 Å². The number of carbonyl (C=O) groups excluding carboxylic acids is 1. The molecule has 0 spiro atoms. The molecule has 0 unspecified atom stereocenters. The molecule has 1 aliphatic heterocycles. The molecule has 1 amide bonds. The van der Waals surface area contributed by atoms with Gasteiger partial charge in [0.25, 0.3) is 0 Å². The molecule has 3 aromatic heterocycles. The van der Waals surface area contributed by atoms with E-state index in [1.165, 1.54) is 21.6 Å². The van der Waals surface area contributed by atoms with E-state index in [0.29, 0.717) is 11.5 Å². The van der Waals surface area contributed by atoms with Gasteiger partial charge in [-0.05, 0) is 61.5 Å². The Kier molecular flexibility index (Phi) is 7.34. The van der Waals surface area contributed by atoms with Crippen LogP contribution in [0, 0.1) is 6.92 Å². The van der Waals surface area contributed by atoms with Gasteiger partial charge >= 0.3 is 0 Å². The predicted molar refractivity (Wildman–Crippen MR) is 151 cm³/mol. The Balaban J connectivity index is 1.39. The molecule has 8 nitrogen and oxygen atoms in total. The number of hydrogen-bond acceptors (Lipinski definition) is 8. The van der Waals surface area contributed by atoms with Crippen molar-refractivity contribution in [3.8, 4) is 11.1 Å². The minimum atomic E-state index is 0.00934. The third kappa shape index (κ3) is 5.57. The molecule has 0 radical (unpaired) electrons. The van der Waals surface area contributed by atoms with Crippen LogP contribution in [0.4, 0.5) is 11.5 Å². The lowest BCUT2D eigenvalue weighted by atomic mass is 10.0. The van der Waals surface area contributed by atoms with Crippen molar-refractivity contribution in [2.75, 3.05) is 30.4 Å². The van der Waals surface area contributed by atoms with Gasteiger partial charge in [-0.3, -0.25) is 4.79 Å². The first-order valence-corrected chi connectivity index (χ1v) is 13.5. The highest BCUT2D eigenvalue weighted by atomic mass is 32.1. The first-order valence-electron chi connectivity index (χ1n) is 12.7. The lowest BCUT2D eigenvalue weighted by Crippen LogP contribution is -2.35. The van der Waals surface area contributed by atoms with Crippen molar-refractivity contribution in [1.29, 1.82) is 0 Å². The van der Waals surface area contributed by atoms with Crippen LogP contribution in [0.2, 0.25) is 0 Å². The zero-order chi connectivity index (χ0) is 25.9. The number of fused-ring (bicyclic) bond motifs is 1. The van der Waals surface area contributed by atoms with Gasteiger partial charge in [0.05, 0.1) is 23.3 Å². The molecule has 192 valence electrons. The number of aromatic nitrogens is 3. The summed E-state index contributed by atoms with van der Waals surface area (Å²) in [5.74, 6) is 1.48. The van der Waals surface area contributed by atoms with Crippen LogP contribution in [-0.2, 0) is 11.3 Å². The summed E-state index contributed by atoms with van der Waals surface area (Å²) in [6, 6.07) is 13.1. The van der Waals surface area contributed by atoms with Crippen molar-refractivity contribution in [2.24, 2.45) is 0 Å². The number of nitrogens with one attached hydrogen (secondary N) is 3. The molecule has 0 bridgehead atoms. The summed E-state index contributed by atoms with van der Waals surface area (Å²) in [5.41, 5.74) is 5.47. The standard InChI is InChI=1S/C28H33N7OS/c1-17(26-11-21(16-37-26)24-8-6-5-7-20(24)13-29-4)31-28-25-12-23(14-30-27(25)32-18(2)33-28)35-10-9-22(15-35)34-19(3)36/h5-8,11-12,14,16-17,22,29H,9-10,13,15H2,1-4H3,(H,34,36)(H,30,31,32,33)/t17-,22-/m1/s1. The van der Waals surface area contributed by atoms with Crippen LogP contribution >= 0.6 is 11.3 Å². The van der Waals surface area contributed by atoms with E-state index in [0.717, 1.165) is 42.9 Å². The average Bonchev–Trinajstić information content (AvgIpc) is 3.54. The first kappa shape index (κ1) is 25.1. The number of amides is 1. The predicted octanol–water partition coefficient (Wildman–Crippen LogP) is 4.67. The molecule has 37 heavy (non-hydrogen) atoms. The quantitative estimate of drug-likeness (QED) is 0.314. The molecule has 1 fully saturated rings. The molecule has 9 heteroatoms. The normalized spacial score (nSPS) is 16.2. The summed E-state index contributed by atoms with van der Waals surface area (Å²) in [7, 11) is 1.97. The van der Waals surface area contributed by atoms with Gasteiger partial charge in [0.2, 0.25) is 5.91 Å². The summed E-state index contributed by atoms with van der Waals surface area (Å²) in [6.07, 6.45) is 2.79. The molecule has 1 saturated heterocycles. The molecule has 2 atom stereocenters. The zero-order valence-corrected chi connectivity index (χ0v) is 22.5. The maximum Gasteiger partial charge on any atom is 0.217 e. The highest BCUT2D eigenvalue weighted by Gasteiger charge is 2.24. The summed E-state index contributed by atoms with van der Waals surface area (Å²) in [4.78, 5) is 28.9. The van der Waals surface area contributed by atoms with Gasteiger partial charge in [-0.15, -0.1) is 11.3 Å². The van der Waals surface area contributed by atoms with E-state index in [4.69, 9.17) is 4.98 Å². The number of thiophene rings is 1. The Bertz CT molecular complexity index is 1420. The second-order valence-corrected chi connectivity index (χ2v) is 10.6. The zero-order valence-electron chi connectivity index (χ0n) is 21.7. The third-order valence-electron chi connectivity index (χ3n) is 6.70. The SMILES string of the molecule is CNCc1ccccc1-c1csc([C@@H](C)Nc2nc(C)nc3ncc(N4CC[C@@H](NC(C)=O)C4)cc23)c1. The van der Waals surface area contributed by atoms with Gasteiger partial charge in [0.1, 0.15) is 11.6 Å². The number of carbonyl (C=O) groups is 1. The third-order valence-corrected chi connectivity index (χ3v) is 7.82. The van der Waals surface area contributed by atoms with Gasteiger partial charge in [-0.25, -0.2) is 15.0 Å². The monoisotopic (exact) mass is 515 g/mol. The van der Waals surface area contributed by atoms with Crippen molar-refractivity contribution < 1.29 is 4.79 Å². The lowest BCUT2D eigenvalue weighted by Gasteiger charge is -2.20. The highest BCUT2D eigenvalue weighted by molar-refractivity contribution is 7.10. The van der Waals surface area contributed by atoms with Crippen molar-refractivity contribution >= 4 is 39.8 Å². The Morgan fingerprint density at radius 2 is 2.08 bits per heavy atom. The fourth-order valence-corrected chi connectivity index (χ4v) is 5.85. The number of rotatable bonds is 8. The van der Waals surface area contributed by atoms with Gasteiger partial charge in [0, 0.05) is 37.5 Å². The molecular weight excluding hydrogens is 482 g/mol. The van der Waals surface area contributed by atoms with Gasteiger partial charge in [-0.1, -0.05) is 24.3 Å². The maximum atomic E-state index is 11.5. The number of hydrogen-bond donors (Lipinski definition) is 3. The van der Waals surface area contributed by atoms with E-state index >= 15 is 0 Å². The fourth-order valence-electron chi connectivity index (χ4n) is 4.94. The first-order chi connectivity index (χ1) is 17.9. The van der Waals surface area contributed by atoms with Crippen LogP contribution < -0.4 is 20.9 Å². The van der Waals surface area contributed by atoms with Crippen LogP contribution in [0.15, 0.2) is 48.0 Å². The lowest BCUT2D eigenvalue weighted by molar-refractivity contribution is -0.119. The molecule has 1 aliphatic rings. The van der Waals surface area contributed by atoms with Crippen LogP contribution in [0.5, 0.6) is 0 Å². The molecule has 4 aromatic rings. The summed E-state index contributed by atoms with van der Waals surface area (Å²) < 4.78 is 0. The van der Waals surface area contributed by atoms with Crippen LogP contribution in [-0.4, -0.2) is 47.0 Å². The molecule has 5 rings (SSSR count). The molecular formula is C28H33N7OS. The topological polar surface area (TPSA) is 95.1 Å². The highest BCUT2D eigenvalue weighted by Crippen LogP contribution is 2.34. The van der Waals surface area contributed by atoms with E-state index in [9.17, 15) is 4.79 Å². The minimum Gasteiger partial charge on any atom is -0.368 e. The van der Waals surface area contributed by atoms with E-state index < -0.39 is 0 Å². The van der Waals surface area contributed by atoms with Gasteiger partial charge in [0.15, 0.2) is 5.65 Å². The second kappa shape index (κ2) is 10.8. The number of aryl methyl sites for hydroxylation is 1. The average molecular weight is 516 g/mol. The summed E-state index contributed by atoms with van der Waals surface area (Å²) >= 11 is 1.75. The number of anilines is 2. The van der Waals surface area contributed by atoms with Crippen molar-refractivity contribution in [3.05, 3.63) is 64.2 Å². The van der Waals surface area contributed by atoms with Gasteiger partial charge in [-0.2, -0.15) is 0 Å². The number of benzene rings is 1. The van der Waals surface area contributed by atoms with E-state index in [-0.39, 0.29) is 18.0 Å². The summed E-state index contributed by atoms with van der Waals surface area (Å²) in [6.45, 7) is 8.10.